The Morgan fingerprint density at radius 3 is 2.06 bits per heavy atom. The second-order valence-corrected chi connectivity index (χ2v) is 3.91. The Balaban J connectivity index is 3.45. The summed E-state index contributed by atoms with van der Waals surface area (Å²) < 4.78 is 0. The van der Waals surface area contributed by atoms with Crippen LogP contribution in [0.15, 0.2) is 66.4 Å². The van der Waals surface area contributed by atoms with E-state index in [1.54, 1.807) is 6.08 Å². The maximum atomic E-state index is 4.11. The summed E-state index contributed by atoms with van der Waals surface area (Å²) in [5.74, 6) is 0. The number of nitrogens with zero attached hydrogens (tertiary/aromatic N) is 1. The number of allylic oxidation sites excluding steroid dienone is 7. The Morgan fingerprint density at radius 1 is 0.944 bits per heavy atom. The molecule has 0 heterocycles. The van der Waals surface area contributed by atoms with E-state index in [1.165, 1.54) is 0 Å². The van der Waals surface area contributed by atoms with Gasteiger partial charge in [-0.1, -0.05) is 49.6 Å². The lowest BCUT2D eigenvalue weighted by Crippen LogP contribution is -1.73. The van der Waals surface area contributed by atoms with Crippen LogP contribution in [-0.2, 0) is 0 Å². The van der Waals surface area contributed by atoms with Gasteiger partial charge in [0.25, 0.3) is 0 Å². The van der Waals surface area contributed by atoms with Gasteiger partial charge >= 0.3 is 0 Å². The van der Waals surface area contributed by atoms with Crippen molar-refractivity contribution in [1.82, 2.24) is 0 Å². The van der Waals surface area contributed by atoms with Crippen LogP contribution in [0.2, 0.25) is 0 Å². The van der Waals surface area contributed by atoms with Crippen LogP contribution in [0.1, 0.15) is 39.0 Å². The van der Waals surface area contributed by atoms with Crippen molar-refractivity contribution in [2.24, 2.45) is 4.99 Å². The highest BCUT2D eigenvalue weighted by Crippen LogP contribution is 1.98. The first-order valence-corrected chi connectivity index (χ1v) is 6.56. The van der Waals surface area contributed by atoms with E-state index < -0.39 is 0 Å². The minimum absolute atomic E-state index is 0.715. The van der Waals surface area contributed by atoms with E-state index in [2.05, 4.69) is 61.5 Å². The first-order valence-electron chi connectivity index (χ1n) is 6.56. The lowest BCUT2D eigenvalue weighted by molar-refractivity contribution is 1.00. The molecule has 0 spiro atoms. The summed E-state index contributed by atoms with van der Waals surface area (Å²) in [6.45, 7) is 9.36. The molecule has 18 heavy (non-hydrogen) atoms. The van der Waals surface area contributed by atoms with Crippen LogP contribution in [0.5, 0.6) is 0 Å². The summed E-state index contributed by atoms with van der Waals surface area (Å²) in [5.41, 5.74) is 0.715. The van der Waals surface area contributed by atoms with Crippen molar-refractivity contribution in [3.8, 4) is 0 Å². The molecule has 0 aliphatic heterocycles. The molecule has 98 valence electrons. The Kier molecular flexibility index (Phi) is 12.2. The minimum atomic E-state index is 0.715. The first kappa shape index (κ1) is 16.4. The molecular weight excluding hydrogens is 218 g/mol. The van der Waals surface area contributed by atoms with E-state index in [-0.39, 0.29) is 0 Å². The van der Waals surface area contributed by atoms with Crippen molar-refractivity contribution in [2.45, 2.75) is 39.0 Å². The zero-order valence-corrected chi connectivity index (χ0v) is 11.5. The van der Waals surface area contributed by atoms with Gasteiger partial charge in [-0.25, -0.2) is 0 Å². The molecule has 1 heteroatoms. The van der Waals surface area contributed by atoms with Crippen LogP contribution < -0.4 is 0 Å². The summed E-state index contributed by atoms with van der Waals surface area (Å²) in [7, 11) is 0. The van der Waals surface area contributed by atoms with Crippen LogP contribution in [0.4, 0.5) is 0 Å². The third-order valence-corrected chi connectivity index (χ3v) is 2.30. The molecule has 0 N–H and O–H groups in total. The van der Waals surface area contributed by atoms with E-state index in [9.17, 15) is 0 Å². The smallest absolute Gasteiger partial charge is 0.0548 e. The van der Waals surface area contributed by atoms with Gasteiger partial charge in [-0.05, 0) is 38.7 Å². The third-order valence-electron chi connectivity index (χ3n) is 2.30. The highest BCUT2D eigenvalue weighted by molar-refractivity contribution is 5.61. The van der Waals surface area contributed by atoms with Gasteiger partial charge in [0.2, 0.25) is 0 Å². The molecule has 0 radical (unpaired) electrons. The fraction of sp³-hybridized carbons (Fsp3) is 0.353. The van der Waals surface area contributed by atoms with Gasteiger partial charge < -0.3 is 0 Å². The van der Waals surface area contributed by atoms with Crippen molar-refractivity contribution in [1.29, 1.82) is 0 Å². The molecule has 0 aliphatic rings. The van der Waals surface area contributed by atoms with Crippen LogP contribution >= 0.6 is 0 Å². The summed E-state index contributed by atoms with van der Waals surface area (Å²) in [4.78, 5) is 4.11. The molecule has 0 aromatic rings. The topological polar surface area (TPSA) is 12.4 Å². The van der Waals surface area contributed by atoms with Crippen molar-refractivity contribution < 1.29 is 0 Å². The summed E-state index contributed by atoms with van der Waals surface area (Å²) in [6.07, 6.45) is 22.0. The van der Waals surface area contributed by atoms with Crippen LogP contribution in [0.25, 0.3) is 0 Å². The van der Waals surface area contributed by atoms with E-state index in [0.29, 0.717) is 5.70 Å². The van der Waals surface area contributed by atoms with Gasteiger partial charge in [0, 0.05) is 12.6 Å². The molecule has 0 fully saturated rings. The second kappa shape index (κ2) is 13.4. The molecule has 0 amide bonds. The zero-order chi connectivity index (χ0) is 13.5. The van der Waals surface area contributed by atoms with E-state index in [1.807, 2.05) is 6.21 Å². The van der Waals surface area contributed by atoms with Crippen molar-refractivity contribution in [2.75, 3.05) is 0 Å². The molecule has 0 atom stereocenters. The molecule has 0 aromatic carbocycles. The average molecular weight is 243 g/mol. The highest BCUT2D eigenvalue weighted by atomic mass is 14.7. The number of rotatable bonds is 10. The van der Waals surface area contributed by atoms with Gasteiger partial charge in [0.05, 0.1) is 5.70 Å². The lowest BCUT2D eigenvalue weighted by atomic mass is 10.2. The van der Waals surface area contributed by atoms with Crippen LogP contribution in [0, 0.1) is 0 Å². The predicted molar refractivity (Wildman–Crippen MR) is 84.0 cm³/mol. The van der Waals surface area contributed by atoms with Gasteiger partial charge in [0.15, 0.2) is 0 Å². The Labute approximate surface area is 112 Å². The first-order chi connectivity index (χ1) is 8.81. The number of unbranched alkanes of at least 4 members (excludes halogenated alkanes) is 2. The quantitative estimate of drug-likeness (QED) is 0.211. The fourth-order valence-electron chi connectivity index (χ4n) is 1.28. The summed E-state index contributed by atoms with van der Waals surface area (Å²) in [5, 5.41) is 0. The molecule has 0 aliphatic carbocycles. The second-order valence-electron chi connectivity index (χ2n) is 3.91. The average Bonchev–Trinajstić information content (AvgIpc) is 2.39. The molecular formula is C17H25N. The van der Waals surface area contributed by atoms with Crippen molar-refractivity contribution >= 4 is 6.21 Å². The van der Waals surface area contributed by atoms with Gasteiger partial charge in [-0.3, -0.25) is 4.99 Å². The number of hydrogen-bond acceptors (Lipinski definition) is 1. The predicted octanol–water partition coefficient (Wildman–Crippen LogP) is 5.40. The fourth-order valence-corrected chi connectivity index (χ4v) is 1.28. The standard InChI is InChI=1S/C17H25N/c1-4-6-7-8-9-10-11-12-13-14-15-16-18-17(3)5-2/h4-6,9-10,13-14,16H,2-3,7-8,11-12,15H2,1H3/b6-4-,10-9-,14-13-,18-16+. The molecule has 0 unspecified atom stereocenters. The molecule has 0 bridgehead atoms. The maximum absolute atomic E-state index is 4.11. The van der Waals surface area contributed by atoms with E-state index in [0.717, 1.165) is 32.1 Å². The summed E-state index contributed by atoms with van der Waals surface area (Å²) >= 11 is 0. The Hall–Kier alpha value is -1.63. The SMILES string of the molecule is C=CC(=C)/N=C/C/C=C\CC/C=C\CC/C=C\C. The van der Waals surface area contributed by atoms with Gasteiger partial charge in [-0.2, -0.15) is 0 Å². The van der Waals surface area contributed by atoms with Crippen LogP contribution in [-0.4, -0.2) is 6.21 Å². The monoisotopic (exact) mass is 243 g/mol. The zero-order valence-electron chi connectivity index (χ0n) is 11.5. The highest BCUT2D eigenvalue weighted by Gasteiger charge is 1.79. The number of hydrogen-bond donors (Lipinski definition) is 0. The largest absolute Gasteiger partial charge is 0.262 e. The maximum Gasteiger partial charge on any atom is 0.0548 e. The molecule has 0 rings (SSSR count). The van der Waals surface area contributed by atoms with Gasteiger partial charge in [0.1, 0.15) is 0 Å². The van der Waals surface area contributed by atoms with Gasteiger partial charge in [-0.15, -0.1) is 0 Å². The lowest BCUT2D eigenvalue weighted by Gasteiger charge is -1.89. The van der Waals surface area contributed by atoms with E-state index in [4.69, 9.17) is 0 Å². The third kappa shape index (κ3) is 12.4. The van der Waals surface area contributed by atoms with E-state index >= 15 is 0 Å². The van der Waals surface area contributed by atoms with Crippen LogP contribution in [0.3, 0.4) is 0 Å². The molecule has 0 saturated carbocycles. The molecule has 1 nitrogen and oxygen atoms in total. The normalized spacial score (nSPS) is 12.3. The minimum Gasteiger partial charge on any atom is -0.262 e. The Morgan fingerprint density at radius 2 is 1.50 bits per heavy atom. The van der Waals surface area contributed by atoms with Crippen molar-refractivity contribution in [3.63, 3.8) is 0 Å². The number of aliphatic imine (C=N–C) groups is 1. The molecule has 0 aromatic heterocycles. The molecule has 0 saturated heterocycles. The van der Waals surface area contributed by atoms with Crippen molar-refractivity contribution in [3.05, 3.63) is 61.4 Å². The summed E-state index contributed by atoms with van der Waals surface area (Å²) in [6, 6.07) is 0. The Bertz CT molecular complexity index is 330.